The number of nitrogens with zero attached hydrogens (tertiary/aromatic N) is 1. The summed E-state index contributed by atoms with van der Waals surface area (Å²) >= 11 is 0. The predicted octanol–water partition coefficient (Wildman–Crippen LogP) is 0.816. The first-order valence-electron chi connectivity index (χ1n) is 5.85. The van der Waals surface area contributed by atoms with Gasteiger partial charge < -0.3 is 16.0 Å². The van der Waals surface area contributed by atoms with E-state index in [4.69, 9.17) is 5.73 Å². The molecule has 0 fully saturated rings. The summed E-state index contributed by atoms with van der Waals surface area (Å²) in [5.41, 5.74) is 5.60. The minimum Gasteiger partial charge on any atom is -0.368 e. The smallest absolute Gasteiger partial charge is 0.235 e. The third-order valence-electron chi connectivity index (χ3n) is 2.12. The van der Waals surface area contributed by atoms with Crippen LogP contribution in [0.1, 0.15) is 34.6 Å². The van der Waals surface area contributed by atoms with E-state index in [0.717, 1.165) is 6.54 Å². The molecule has 0 saturated heterocycles. The van der Waals surface area contributed by atoms with Crippen LogP contribution in [0, 0.1) is 5.41 Å². The highest BCUT2D eigenvalue weighted by molar-refractivity contribution is 5.80. The molecule has 0 rings (SSSR count). The molecule has 0 aromatic carbocycles. The van der Waals surface area contributed by atoms with E-state index < -0.39 is 0 Å². The van der Waals surface area contributed by atoms with Gasteiger partial charge in [0, 0.05) is 19.1 Å². The molecule has 96 valence electrons. The molecule has 1 atom stereocenters. The lowest BCUT2D eigenvalue weighted by molar-refractivity contribution is -0.120. The molecule has 0 bridgehead atoms. The second-order valence-electron chi connectivity index (χ2n) is 6.03. The number of amides is 1. The van der Waals surface area contributed by atoms with E-state index in [9.17, 15) is 4.79 Å². The molecule has 0 radical (unpaired) electrons. The normalized spacial score (nSPS) is 14.5. The molecule has 0 spiro atoms. The van der Waals surface area contributed by atoms with Crippen molar-refractivity contribution in [1.29, 1.82) is 0 Å². The molecule has 0 aliphatic rings. The van der Waals surface area contributed by atoms with Gasteiger partial charge in [0.1, 0.15) is 0 Å². The summed E-state index contributed by atoms with van der Waals surface area (Å²) in [6, 6.07) is -0.00659. The molecule has 4 heteroatoms. The summed E-state index contributed by atoms with van der Waals surface area (Å²) in [7, 11) is 2.02. The van der Waals surface area contributed by atoms with E-state index in [1.165, 1.54) is 0 Å². The van der Waals surface area contributed by atoms with Crippen molar-refractivity contribution >= 4 is 5.91 Å². The van der Waals surface area contributed by atoms with E-state index in [0.29, 0.717) is 6.54 Å². The molecule has 1 amide bonds. The fourth-order valence-electron chi connectivity index (χ4n) is 1.81. The van der Waals surface area contributed by atoms with E-state index in [2.05, 4.69) is 31.0 Å². The van der Waals surface area contributed by atoms with E-state index in [1.807, 2.05) is 20.9 Å². The van der Waals surface area contributed by atoms with Crippen LogP contribution < -0.4 is 11.1 Å². The first kappa shape index (κ1) is 15.4. The Labute approximate surface area is 99.6 Å². The van der Waals surface area contributed by atoms with Crippen LogP contribution in [-0.4, -0.2) is 43.0 Å². The number of nitrogens with two attached hydrogens (primary N) is 1. The minimum atomic E-state index is -0.283. The molecule has 0 aliphatic carbocycles. The van der Waals surface area contributed by atoms with Crippen molar-refractivity contribution in [2.24, 2.45) is 11.1 Å². The molecule has 16 heavy (non-hydrogen) atoms. The topological polar surface area (TPSA) is 58.4 Å². The Bertz CT molecular complexity index is 221. The molecular weight excluding hydrogens is 202 g/mol. The largest absolute Gasteiger partial charge is 0.368 e. The van der Waals surface area contributed by atoms with Gasteiger partial charge in [-0.15, -0.1) is 0 Å². The van der Waals surface area contributed by atoms with Crippen molar-refractivity contribution < 1.29 is 4.79 Å². The average Bonchev–Trinajstić information content (AvgIpc) is 1.97. The van der Waals surface area contributed by atoms with Gasteiger partial charge >= 0.3 is 0 Å². The minimum absolute atomic E-state index is 0.231. The highest BCUT2D eigenvalue weighted by Gasteiger charge is 2.20. The Morgan fingerprint density at radius 2 is 1.88 bits per heavy atom. The Hall–Kier alpha value is -0.610. The van der Waals surface area contributed by atoms with Crippen LogP contribution in [0.15, 0.2) is 0 Å². The zero-order valence-corrected chi connectivity index (χ0v) is 11.5. The number of carbonyl (C=O) groups excluding carboxylic acids is 1. The third-order valence-corrected chi connectivity index (χ3v) is 2.12. The van der Waals surface area contributed by atoms with Gasteiger partial charge in [-0.1, -0.05) is 34.6 Å². The van der Waals surface area contributed by atoms with Gasteiger partial charge in [0.25, 0.3) is 0 Å². The molecule has 4 nitrogen and oxygen atoms in total. The van der Waals surface area contributed by atoms with E-state index in [1.54, 1.807) is 0 Å². The second-order valence-corrected chi connectivity index (χ2v) is 6.03. The van der Waals surface area contributed by atoms with Gasteiger partial charge in [-0.05, 0) is 12.5 Å². The number of hydrogen-bond donors (Lipinski definition) is 2. The van der Waals surface area contributed by atoms with Crippen LogP contribution >= 0.6 is 0 Å². The predicted molar refractivity (Wildman–Crippen MR) is 68.2 cm³/mol. The van der Waals surface area contributed by atoms with E-state index in [-0.39, 0.29) is 23.4 Å². The maximum absolute atomic E-state index is 11.3. The van der Waals surface area contributed by atoms with Crippen LogP contribution in [0.5, 0.6) is 0 Å². The lowest BCUT2D eigenvalue weighted by Crippen LogP contribution is -2.51. The van der Waals surface area contributed by atoms with Gasteiger partial charge in [0.15, 0.2) is 0 Å². The quantitative estimate of drug-likeness (QED) is 0.709. The molecular formula is C12H27N3O. The molecule has 0 aromatic rings. The fourth-order valence-corrected chi connectivity index (χ4v) is 1.81. The number of hydrogen-bond acceptors (Lipinski definition) is 3. The number of primary amides is 1. The van der Waals surface area contributed by atoms with Crippen molar-refractivity contribution in [2.45, 2.75) is 46.7 Å². The summed E-state index contributed by atoms with van der Waals surface area (Å²) in [5, 5.41) is 3.18. The van der Waals surface area contributed by atoms with Crippen LogP contribution in [0.3, 0.4) is 0 Å². The van der Waals surface area contributed by atoms with Gasteiger partial charge in [-0.2, -0.15) is 0 Å². The van der Waals surface area contributed by atoms with Gasteiger partial charge in [-0.3, -0.25) is 4.79 Å². The summed E-state index contributed by atoms with van der Waals surface area (Å²) in [6.45, 7) is 12.2. The highest BCUT2D eigenvalue weighted by Crippen LogP contribution is 2.14. The van der Waals surface area contributed by atoms with Crippen molar-refractivity contribution in [3.8, 4) is 0 Å². The summed E-state index contributed by atoms with van der Waals surface area (Å²) in [4.78, 5) is 13.4. The van der Waals surface area contributed by atoms with Crippen LogP contribution in [-0.2, 0) is 4.79 Å². The van der Waals surface area contributed by atoms with Gasteiger partial charge in [-0.25, -0.2) is 0 Å². The van der Waals surface area contributed by atoms with Crippen molar-refractivity contribution in [1.82, 2.24) is 10.2 Å². The lowest BCUT2D eigenvalue weighted by Gasteiger charge is -2.29. The van der Waals surface area contributed by atoms with Crippen LogP contribution in [0.4, 0.5) is 0 Å². The van der Waals surface area contributed by atoms with Gasteiger partial charge in [0.05, 0.1) is 6.04 Å². The number of carbonyl (C=O) groups is 1. The fraction of sp³-hybridized carbons (Fsp3) is 0.917. The second kappa shape index (κ2) is 6.21. The summed E-state index contributed by atoms with van der Waals surface area (Å²) in [5.74, 6) is -0.283. The SMILES string of the molecule is CC(C)NC(CN(C)CC(C)(C)C)C(N)=O. The number of likely N-dealkylation sites (N-methyl/N-ethyl adjacent to an activating group) is 1. The van der Waals surface area contributed by atoms with Crippen molar-refractivity contribution in [3.63, 3.8) is 0 Å². The Morgan fingerprint density at radius 1 is 1.38 bits per heavy atom. The molecule has 0 aliphatic heterocycles. The zero-order chi connectivity index (χ0) is 12.9. The third kappa shape index (κ3) is 7.65. The number of nitrogens with one attached hydrogen (secondary N) is 1. The molecule has 0 heterocycles. The van der Waals surface area contributed by atoms with Crippen molar-refractivity contribution in [3.05, 3.63) is 0 Å². The lowest BCUT2D eigenvalue weighted by atomic mass is 9.96. The van der Waals surface area contributed by atoms with Crippen LogP contribution in [0.2, 0.25) is 0 Å². The maximum Gasteiger partial charge on any atom is 0.235 e. The summed E-state index contributed by atoms with van der Waals surface area (Å²) in [6.07, 6.45) is 0. The standard InChI is InChI=1S/C12H27N3O/c1-9(2)14-10(11(13)16)7-15(6)8-12(3,4)5/h9-10,14H,7-8H2,1-6H3,(H2,13,16). The van der Waals surface area contributed by atoms with Crippen LogP contribution in [0.25, 0.3) is 0 Å². The van der Waals surface area contributed by atoms with Crippen molar-refractivity contribution in [2.75, 3.05) is 20.1 Å². The van der Waals surface area contributed by atoms with E-state index >= 15 is 0 Å². The molecule has 0 saturated carbocycles. The Morgan fingerprint density at radius 3 is 2.19 bits per heavy atom. The maximum atomic E-state index is 11.3. The average molecular weight is 229 g/mol. The zero-order valence-electron chi connectivity index (χ0n) is 11.5. The van der Waals surface area contributed by atoms with Gasteiger partial charge in [0.2, 0.25) is 5.91 Å². The number of rotatable bonds is 6. The molecule has 0 aromatic heterocycles. The highest BCUT2D eigenvalue weighted by atomic mass is 16.1. The molecule has 1 unspecified atom stereocenters. The summed E-state index contributed by atoms with van der Waals surface area (Å²) < 4.78 is 0. The first-order valence-corrected chi connectivity index (χ1v) is 5.85. The molecule has 3 N–H and O–H groups in total. The Kier molecular flexibility index (Phi) is 5.97. The monoisotopic (exact) mass is 229 g/mol. The Balaban J connectivity index is 4.24. The first-order chi connectivity index (χ1) is 7.11.